The highest BCUT2D eigenvalue weighted by atomic mass is 32.2. The molecule has 0 rings (SSSR count). The summed E-state index contributed by atoms with van der Waals surface area (Å²) in [5.41, 5.74) is 0. The lowest BCUT2D eigenvalue weighted by molar-refractivity contribution is -0.134. The number of nitrogens with one attached hydrogen (secondary N) is 1. The van der Waals surface area contributed by atoms with E-state index in [-0.39, 0.29) is 6.04 Å². The third kappa shape index (κ3) is 6.76. The molecule has 1 atom stereocenters. The Hall–Kier alpha value is -0.660. The van der Waals surface area contributed by atoms with Gasteiger partial charge in [-0.15, -0.1) is 0 Å². The minimum atomic E-state index is -3.72. The number of sulfonamides is 1. The summed E-state index contributed by atoms with van der Waals surface area (Å²) >= 11 is 0. The molecule has 0 radical (unpaired) electrons. The molecule has 0 aromatic rings. The second kappa shape index (κ2) is 6.82. The molecule has 0 heterocycles. The molecule has 0 aliphatic heterocycles. The number of hydrogen-bond donors (Lipinski definition) is 2. The third-order valence-electron chi connectivity index (χ3n) is 2.12. The van der Waals surface area contributed by atoms with Crippen molar-refractivity contribution in [3.63, 3.8) is 0 Å². The lowest BCUT2D eigenvalue weighted by Crippen LogP contribution is -2.43. The smallest absolute Gasteiger partial charge is 0.320 e. The van der Waals surface area contributed by atoms with Crippen LogP contribution in [0.3, 0.4) is 0 Å². The summed E-state index contributed by atoms with van der Waals surface area (Å²) in [6, 6.07) is -0.288. The van der Waals surface area contributed by atoms with Gasteiger partial charge in [0.05, 0.1) is 0 Å². The highest BCUT2D eigenvalue weighted by Crippen LogP contribution is 1.95. The standard InChI is InChI=1S/C9H20N2O4S/c1-4-11(5-2)6-8(3)10-16(14,15)7-9(12)13/h8,10H,4-7H2,1-3H3,(H,12,13). The van der Waals surface area contributed by atoms with E-state index in [1.54, 1.807) is 6.92 Å². The predicted octanol–water partition coefficient (Wildman–Crippen LogP) is -0.279. The molecule has 6 nitrogen and oxygen atoms in total. The molecule has 0 saturated heterocycles. The van der Waals surface area contributed by atoms with Crippen molar-refractivity contribution in [2.24, 2.45) is 0 Å². The Morgan fingerprint density at radius 1 is 1.38 bits per heavy atom. The van der Waals surface area contributed by atoms with Gasteiger partial charge in [0.15, 0.2) is 5.75 Å². The van der Waals surface area contributed by atoms with Crippen molar-refractivity contribution in [2.45, 2.75) is 26.8 Å². The fourth-order valence-corrected chi connectivity index (χ4v) is 2.51. The zero-order valence-corrected chi connectivity index (χ0v) is 10.7. The molecule has 0 amide bonds. The van der Waals surface area contributed by atoms with Gasteiger partial charge in [-0.25, -0.2) is 13.1 Å². The topological polar surface area (TPSA) is 86.7 Å². The van der Waals surface area contributed by atoms with E-state index in [4.69, 9.17) is 5.11 Å². The van der Waals surface area contributed by atoms with Crippen LogP contribution in [0.1, 0.15) is 20.8 Å². The Balaban J connectivity index is 4.23. The molecule has 0 fully saturated rings. The maximum atomic E-state index is 11.3. The van der Waals surface area contributed by atoms with Crippen LogP contribution in [0.2, 0.25) is 0 Å². The van der Waals surface area contributed by atoms with Crippen LogP contribution in [0, 0.1) is 0 Å². The van der Waals surface area contributed by atoms with E-state index < -0.39 is 21.7 Å². The lowest BCUT2D eigenvalue weighted by atomic mass is 10.3. The van der Waals surface area contributed by atoms with Crippen molar-refractivity contribution in [3.8, 4) is 0 Å². The Morgan fingerprint density at radius 2 is 1.88 bits per heavy atom. The van der Waals surface area contributed by atoms with Gasteiger partial charge in [-0.3, -0.25) is 4.79 Å². The first-order valence-corrected chi connectivity index (χ1v) is 6.90. The van der Waals surface area contributed by atoms with Gasteiger partial charge in [0.25, 0.3) is 0 Å². The molecule has 2 N–H and O–H groups in total. The average molecular weight is 252 g/mol. The Kier molecular flexibility index (Phi) is 6.54. The number of nitrogens with zero attached hydrogens (tertiary/aromatic N) is 1. The van der Waals surface area contributed by atoms with Crippen molar-refractivity contribution in [1.29, 1.82) is 0 Å². The zero-order chi connectivity index (χ0) is 12.8. The van der Waals surface area contributed by atoms with Gasteiger partial charge in [-0.2, -0.15) is 0 Å². The molecule has 96 valence electrons. The first kappa shape index (κ1) is 15.3. The fourth-order valence-electron chi connectivity index (χ4n) is 1.42. The summed E-state index contributed by atoms with van der Waals surface area (Å²) in [4.78, 5) is 12.4. The Bertz CT molecular complexity index is 311. The SMILES string of the molecule is CCN(CC)CC(C)NS(=O)(=O)CC(=O)O. The van der Waals surface area contributed by atoms with Crippen molar-refractivity contribution >= 4 is 16.0 Å². The van der Waals surface area contributed by atoms with E-state index in [1.807, 2.05) is 13.8 Å². The first-order valence-electron chi connectivity index (χ1n) is 5.24. The molecule has 0 aliphatic rings. The second-order valence-electron chi connectivity index (χ2n) is 3.66. The molecule has 0 saturated carbocycles. The van der Waals surface area contributed by atoms with Gasteiger partial charge >= 0.3 is 5.97 Å². The molecule has 7 heteroatoms. The number of carboxylic acids is 1. The monoisotopic (exact) mass is 252 g/mol. The minimum absolute atomic E-state index is 0.288. The molecule has 0 bridgehead atoms. The maximum Gasteiger partial charge on any atom is 0.320 e. The van der Waals surface area contributed by atoms with Gasteiger partial charge in [-0.05, 0) is 20.0 Å². The van der Waals surface area contributed by atoms with Crippen LogP contribution in [-0.4, -0.2) is 55.8 Å². The number of rotatable bonds is 8. The van der Waals surface area contributed by atoms with E-state index in [0.717, 1.165) is 13.1 Å². The van der Waals surface area contributed by atoms with Crippen LogP contribution in [0.25, 0.3) is 0 Å². The normalized spacial score (nSPS) is 14.0. The molecule has 0 spiro atoms. The summed E-state index contributed by atoms with van der Waals surface area (Å²) < 4.78 is 24.9. The number of carbonyl (C=O) groups is 1. The summed E-state index contributed by atoms with van der Waals surface area (Å²) in [7, 11) is -3.72. The fraction of sp³-hybridized carbons (Fsp3) is 0.889. The number of hydrogen-bond acceptors (Lipinski definition) is 4. The summed E-state index contributed by atoms with van der Waals surface area (Å²) in [6.07, 6.45) is 0. The van der Waals surface area contributed by atoms with Gasteiger partial charge in [0, 0.05) is 12.6 Å². The first-order chi connectivity index (χ1) is 7.30. The van der Waals surface area contributed by atoms with E-state index in [1.165, 1.54) is 0 Å². The van der Waals surface area contributed by atoms with Crippen LogP contribution in [-0.2, 0) is 14.8 Å². The largest absolute Gasteiger partial charge is 0.480 e. The molecule has 0 aromatic heterocycles. The van der Waals surface area contributed by atoms with Crippen LogP contribution in [0.5, 0.6) is 0 Å². The highest BCUT2D eigenvalue weighted by Gasteiger charge is 2.19. The van der Waals surface area contributed by atoms with E-state index in [2.05, 4.69) is 9.62 Å². The van der Waals surface area contributed by atoms with Crippen molar-refractivity contribution in [1.82, 2.24) is 9.62 Å². The van der Waals surface area contributed by atoms with Gasteiger partial charge in [0.1, 0.15) is 0 Å². The van der Waals surface area contributed by atoms with E-state index >= 15 is 0 Å². The van der Waals surface area contributed by atoms with Crippen molar-refractivity contribution < 1.29 is 18.3 Å². The van der Waals surface area contributed by atoms with Crippen LogP contribution in [0.15, 0.2) is 0 Å². The molecule has 16 heavy (non-hydrogen) atoms. The van der Waals surface area contributed by atoms with Gasteiger partial charge in [0.2, 0.25) is 10.0 Å². The highest BCUT2D eigenvalue weighted by molar-refractivity contribution is 7.90. The maximum absolute atomic E-state index is 11.3. The molecule has 0 aliphatic carbocycles. The number of carboxylic acid groups (broad SMARTS) is 1. The number of likely N-dealkylation sites (N-methyl/N-ethyl adjacent to an activating group) is 1. The second-order valence-corrected chi connectivity index (χ2v) is 5.41. The van der Waals surface area contributed by atoms with Gasteiger partial charge in [-0.1, -0.05) is 13.8 Å². The van der Waals surface area contributed by atoms with Crippen LogP contribution < -0.4 is 4.72 Å². The lowest BCUT2D eigenvalue weighted by Gasteiger charge is -2.22. The molecule has 0 aromatic carbocycles. The van der Waals surface area contributed by atoms with Crippen molar-refractivity contribution in [3.05, 3.63) is 0 Å². The van der Waals surface area contributed by atoms with Gasteiger partial charge < -0.3 is 10.0 Å². The minimum Gasteiger partial charge on any atom is -0.480 e. The summed E-state index contributed by atoms with van der Waals surface area (Å²) in [5.74, 6) is -2.22. The van der Waals surface area contributed by atoms with Crippen molar-refractivity contribution in [2.75, 3.05) is 25.4 Å². The quantitative estimate of drug-likeness (QED) is 0.620. The van der Waals surface area contributed by atoms with E-state index in [0.29, 0.717) is 6.54 Å². The summed E-state index contributed by atoms with van der Waals surface area (Å²) in [5, 5.41) is 8.41. The van der Waals surface area contributed by atoms with E-state index in [9.17, 15) is 13.2 Å². The molecule has 1 unspecified atom stereocenters. The molecular formula is C9H20N2O4S. The third-order valence-corrected chi connectivity index (χ3v) is 3.51. The Morgan fingerprint density at radius 3 is 2.25 bits per heavy atom. The van der Waals surface area contributed by atoms with Crippen LogP contribution in [0.4, 0.5) is 0 Å². The molecular weight excluding hydrogens is 232 g/mol. The van der Waals surface area contributed by atoms with Crippen LogP contribution >= 0.6 is 0 Å². The summed E-state index contributed by atoms with van der Waals surface area (Å²) in [6.45, 7) is 7.94. The zero-order valence-electron chi connectivity index (χ0n) is 9.93. The Labute approximate surface area is 96.7 Å². The predicted molar refractivity (Wildman–Crippen MR) is 61.8 cm³/mol. The average Bonchev–Trinajstić information content (AvgIpc) is 2.10. The number of aliphatic carboxylic acids is 1.